The van der Waals surface area contributed by atoms with E-state index in [0.29, 0.717) is 0 Å². The number of fused-ring (bicyclic) bond motifs is 1. The normalized spacial score (nSPS) is 13.5. The number of hydrogen-bond donors (Lipinski definition) is 2. The first-order chi connectivity index (χ1) is 13.7. The van der Waals surface area contributed by atoms with Crippen LogP contribution in [0.15, 0.2) is 36.4 Å². The number of alkyl halides is 2. The first kappa shape index (κ1) is 19.8. The number of esters is 1. The van der Waals surface area contributed by atoms with Gasteiger partial charge in [0.05, 0.1) is 10.5 Å². The fraction of sp³-hybridized carbons (Fsp3) is 0.176. The molecule has 0 aliphatic carbocycles. The lowest BCUT2D eigenvalue weighted by molar-refractivity contribution is -0.384. The molecule has 1 heterocycles. The highest BCUT2D eigenvalue weighted by Gasteiger charge is 2.43. The largest absolute Gasteiger partial charge is 0.586 e. The molecule has 0 atom stereocenters. The van der Waals surface area contributed by atoms with E-state index in [0.717, 1.165) is 12.1 Å². The molecule has 2 aromatic rings. The van der Waals surface area contributed by atoms with Gasteiger partial charge < -0.3 is 24.8 Å². The number of nitro benzene ring substituents is 1. The third-order valence-corrected chi connectivity index (χ3v) is 3.72. The number of nitrogens with zero attached hydrogens (tertiary/aromatic N) is 1. The van der Waals surface area contributed by atoms with E-state index >= 15 is 0 Å². The zero-order valence-corrected chi connectivity index (χ0v) is 14.7. The molecular weight excluding hydrogens is 396 g/mol. The number of anilines is 2. The van der Waals surface area contributed by atoms with Crippen molar-refractivity contribution in [3.05, 3.63) is 52.1 Å². The number of non-ortho nitro benzene ring substituents is 1. The number of halogens is 2. The van der Waals surface area contributed by atoms with E-state index in [1.54, 1.807) is 0 Å². The lowest BCUT2D eigenvalue weighted by Gasteiger charge is -2.10. The Balaban J connectivity index is 1.62. The first-order valence-corrected chi connectivity index (χ1v) is 8.01. The predicted molar refractivity (Wildman–Crippen MR) is 94.2 cm³/mol. The molecule has 1 aliphatic heterocycles. The monoisotopic (exact) mass is 409 g/mol. The summed E-state index contributed by atoms with van der Waals surface area (Å²) in [6.07, 6.45) is -3.79. The van der Waals surface area contributed by atoms with Gasteiger partial charge >= 0.3 is 12.3 Å². The van der Waals surface area contributed by atoms with E-state index in [9.17, 15) is 28.5 Å². The second-order valence-electron chi connectivity index (χ2n) is 5.69. The molecule has 2 aromatic carbocycles. The Bertz CT molecular complexity index is 997. The molecule has 0 aromatic heterocycles. The molecule has 12 heteroatoms. The van der Waals surface area contributed by atoms with Crippen molar-refractivity contribution in [2.24, 2.45) is 0 Å². The average molecular weight is 409 g/mol. The molecule has 1 aliphatic rings. The molecule has 29 heavy (non-hydrogen) atoms. The molecule has 0 fully saturated rings. The van der Waals surface area contributed by atoms with Crippen LogP contribution in [0.5, 0.6) is 11.5 Å². The Labute approximate surface area is 161 Å². The minimum atomic E-state index is -3.79. The minimum Gasteiger partial charge on any atom is -0.452 e. The van der Waals surface area contributed by atoms with E-state index in [4.69, 9.17) is 4.74 Å². The molecule has 0 saturated carbocycles. The molecule has 0 unspecified atom stereocenters. The number of hydrogen-bond acceptors (Lipinski definition) is 8. The molecule has 10 nitrogen and oxygen atoms in total. The molecular formula is C17H13F2N3O7. The summed E-state index contributed by atoms with van der Waals surface area (Å²) < 4.78 is 39.4. The van der Waals surface area contributed by atoms with Gasteiger partial charge in [-0.05, 0) is 18.2 Å². The summed E-state index contributed by atoms with van der Waals surface area (Å²) in [5.41, 5.74) is -0.0626. The van der Waals surface area contributed by atoms with E-state index in [2.05, 4.69) is 20.1 Å². The molecule has 152 valence electrons. The van der Waals surface area contributed by atoms with Crippen molar-refractivity contribution >= 4 is 28.9 Å². The highest BCUT2D eigenvalue weighted by molar-refractivity contribution is 5.99. The van der Waals surface area contributed by atoms with Crippen LogP contribution in [-0.2, 0) is 9.53 Å². The highest BCUT2D eigenvalue weighted by atomic mass is 19.3. The average Bonchev–Trinajstić information content (AvgIpc) is 2.98. The molecule has 1 amide bonds. The Kier molecular flexibility index (Phi) is 5.17. The number of nitro groups is 1. The Morgan fingerprint density at radius 1 is 1.17 bits per heavy atom. The quantitative estimate of drug-likeness (QED) is 0.423. The summed E-state index contributed by atoms with van der Waals surface area (Å²) in [6, 6.07) is 7.15. The standard InChI is InChI=1S/C17H13F2N3O7/c1-20-12-4-3-10(22(25)26)7-11(12)16(24)27-8-15(23)21-9-2-5-13-14(6-9)29-17(18,19)28-13/h2-7,20H,8H2,1H3,(H,21,23). The maximum absolute atomic E-state index is 13.0. The molecule has 3 rings (SSSR count). The first-order valence-electron chi connectivity index (χ1n) is 8.01. The van der Waals surface area contributed by atoms with Crippen LogP contribution in [-0.4, -0.2) is 36.7 Å². The van der Waals surface area contributed by atoms with E-state index in [-0.39, 0.29) is 34.1 Å². The number of benzene rings is 2. The van der Waals surface area contributed by atoms with Crippen LogP contribution in [0.1, 0.15) is 10.4 Å². The summed E-state index contributed by atoms with van der Waals surface area (Å²) in [7, 11) is 1.51. The number of amides is 1. The molecule has 0 bridgehead atoms. The highest BCUT2D eigenvalue weighted by Crippen LogP contribution is 2.42. The third kappa shape index (κ3) is 4.48. The molecule has 0 spiro atoms. The van der Waals surface area contributed by atoms with Crippen LogP contribution in [0.25, 0.3) is 0 Å². The van der Waals surface area contributed by atoms with Crippen molar-refractivity contribution in [2.45, 2.75) is 6.29 Å². The Morgan fingerprint density at radius 2 is 1.90 bits per heavy atom. The topological polar surface area (TPSA) is 129 Å². The summed E-state index contributed by atoms with van der Waals surface area (Å²) >= 11 is 0. The van der Waals surface area contributed by atoms with Gasteiger partial charge in [-0.2, -0.15) is 0 Å². The second-order valence-corrected chi connectivity index (χ2v) is 5.69. The van der Waals surface area contributed by atoms with Gasteiger partial charge in [0.2, 0.25) is 0 Å². The maximum Gasteiger partial charge on any atom is 0.586 e. The molecule has 0 radical (unpaired) electrons. The van der Waals surface area contributed by atoms with Crippen LogP contribution in [0.4, 0.5) is 25.8 Å². The van der Waals surface area contributed by atoms with Gasteiger partial charge in [-0.15, -0.1) is 8.78 Å². The predicted octanol–water partition coefficient (Wildman–Crippen LogP) is 2.75. The van der Waals surface area contributed by atoms with Gasteiger partial charge in [-0.25, -0.2) is 4.79 Å². The number of nitrogens with one attached hydrogen (secondary N) is 2. The van der Waals surface area contributed by atoms with Crippen molar-refractivity contribution < 1.29 is 37.5 Å². The van der Waals surface area contributed by atoms with Crippen LogP contribution < -0.4 is 20.1 Å². The third-order valence-electron chi connectivity index (χ3n) is 3.72. The fourth-order valence-electron chi connectivity index (χ4n) is 2.47. The Morgan fingerprint density at radius 3 is 2.59 bits per heavy atom. The van der Waals surface area contributed by atoms with Gasteiger partial charge in [0.15, 0.2) is 18.1 Å². The number of carbonyl (C=O) groups is 2. The lowest BCUT2D eigenvalue weighted by Crippen LogP contribution is -2.25. The molecule has 0 saturated heterocycles. The zero-order chi connectivity index (χ0) is 21.2. The van der Waals surface area contributed by atoms with Crippen molar-refractivity contribution in [2.75, 3.05) is 24.3 Å². The maximum atomic E-state index is 13.0. The van der Waals surface area contributed by atoms with E-state index < -0.39 is 29.7 Å². The van der Waals surface area contributed by atoms with Crippen LogP contribution >= 0.6 is 0 Å². The minimum absolute atomic E-state index is 0.109. The Hall–Kier alpha value is -3.96. The van der Waals surface area contributed by atoms with Crippen molar-refractivity contribution in [1.82, 2.24) is 0 Å². The fourth-order valence-corrected chi connectivity index (χ4v) is 2.47. The summed E-state index contributed by atoms with van der Waals surface area (Å²) in [5, 5.41) is 15.9. The summed E-state index contributed by atoms with van der Waals surface area (Å²) in [4.78, 5) is 34.4. The SMILES string of the molecule is CNc1ccc([N+](=O)[O-])cc1C(=O)OCC(=O)Nc1ccc2c(c1)OC(F)(F)O2. The van der Waals surface area contributed by atoms with Crippen LogP contribution in [0, 0.1) is 10.1 Å². The van der Waals surface area contributed by atoms with E-state index in [1.807, 2.05) is 0 Å². The lowest BCUT2D eigenvalue weighted by atomic mass is 10.1. The van der Waals surface area contributed by atoms with Crippen LogP contribution in [0.2, 0.25) is 0 Å². The second kappa shape index (κ2) is 7.58. The van der Waals surface area contributed by atoms with E-state index in [1.165, 1.54) is 31.3 Å². The van der Waals surface area contributed by atoms with Crippen molar-refractivity contribution in [3.8, 4) is 11.5 Å². The van der Waals surface area contributed by atoms with Gasteiger partial charge in [-0.1, -0.05) is 0 Å². The van der Waals surface area contributed by atoms with Crippen molar-refractivity contribution in [1.29, 1.82) is 0 Å². The smallest absolute Gasteiger partial charge is 0.452 e. The van der Waals surface area contributed by atoms with Gasteiger partial charge in [0, 0.05) is 36.6 Å². The van der Waals surface area contributed by atoms with Gasteiger partial charge in [-0.3, -0.25) is 14.9 Å². The number of rotatable bonds is 6. The zero-order valence-electron chi connectivity index (χ0n) is 14.7. The number of carbonyl (C=O) groups excluding carboxylic acids is 2. The van der Waals surface area contributed by atoms with Gasteiger partial charge in [0.25, 0.3) is 11.6 Å². The molecule has 2 N–H and O–H groups in total. The summed E-state index contributed by atoms with van der Waals surface area (Å²) in [6.45, 7) is -0.713. The van der Waals surface area contributed by atoms with Crippen LogP contribution in [0.3, 0.4) is 0 Å². The van der Waals surface area contributed by atoms with Crippen molar-refractivity contribution in [3.63, 3.8) is 0 Å². The van der Waals surface area contributed by atoms with Gasteiger partial charge in [0.1, 0.15) is 0 Å². The number of ether oxygens (including phenoxy) is 3. The summed E-state index contributed by atoms with van der Waals surface area (Å²) in [5.74, 6) is -2.18.